The van der Waals surface area contributed by atoms with E-state index in [1.165, 1.54) is 24.3 Å². The maximum absolute atomic E-state index is 12.9. The fraction of sp³-hybridized carbons (Fsp3) is 0.526. The maximum Gasteiger partial charge on any atom is 0.243 e. The van der Waals surface area contributed by atoms with E-state index in [1.807, 2.05) is 20.8 Å². The molecule has 0 heterocycles. The topological polar surface area (TPSA) is 83.5 Å². The van der Waals surface area contributed by atoms with Gasteiger partial charge >= 0.3 is 0 Å². The normalized spacial score (nSPS) is 14.9. The Morgan fingerprint density at radius 3 is 2.20 bits per heavy atom. The fourth-order valence-electron chi connectivity index (χ4n) is 2.21. The van der Waals surface area contributed by atoms with Crippen LogP contribution in [0.2, 0.25) is 0 Å². The minimum atomic E-state index is -3.81. The van der Waals surface area contributed by atoms with Crippen molar-refractivity contribution < 1.29 is 18.3 Å². The molecule has 6 heteroatoms. The monoisotopic (exact) mass is 367 g/mol. The quantitative estimate of drug-likeness (QED) is 0.692. The summed E-state index contributed by atoms with van der Waals surface area (Å²) in [5.41, 5.74) is 0.948. The Hall–Kier alpha value is -1.66. The third-order valence-electron chi connectivity index (χ3n) is 3.85. The molecule has 2 N–H and O–H groups in total. The van der Waals surface area contributed by atoms with Crippen LogP contribution in [0.15, 0.2) is 41.3 Å². The van der Waals surface area contributed by atoms with Gasteiger partial charge in [0.05, 0.1) is 11.0 Å². The molecule has 1 rings (SSSR count). The number of aryl methyl sites for hydroxylation is 1. The highest BCUT2D eigenvalue weighted by Gasteiger charge is 2.33. The smallest absolute Gasteiger partial charge is 0.243 e. The number of hydrogen-bond acceptors (Lipinski definition) is 4. The molecular formula is C19H29NO4S. The number of rotatable bonds is 8. The lowest BCUT2D eigenvalue weighted by atomic mass is 10.0. The number of sulfone groups is 1. The van der Waals surface area contributed by atoms with Gasteiger partial charge in [-0.15, -0.1) is 0 Å². The van der Waals surface area contributed by atoms with Crippen molar-refractivity contribution in [1.82, 2.24) is 5.32 Å². The van der Waals surface area contributed by atoms with Crippen LogP contribution < -0.4 is 5.32 Å². The minimum absolute atomic E-state index is 0.134. The Labute approximate surface area is 151 Å². The predicted octanol–water partition coefficient (Wildman–Crippen LogP) is 2.48. The van der Waals surface area contributed by atoms with E-state index in [9.17, 15) is 18.3 Å². The van der Waals surface area contributed by atoms with E-state index < -0.39 is 21.2 Å². The molecule has 1 aromatic rings. The molecule has 25 heavy (non-hydrogen) atoms. The first-order chi connectivity index (χ1) is 11.6. The van der Waals surface area contributed by atoms with Gasteiger partial charge in [-0.1, -0.05) is 51.5 Å². The van der Waals surface area contributed by atoms with Crippen LogP contribution in [0.25, 0.3) is 0 Å². The summed E-state index contributed by atoms with van der Waals surface area (Å²) in [7, 11) is -3.81. The van der Waals surface area contributed by atoms with E-state index in [0.717, 1.165) is 5.56 Å². The molecule has 0 aliphatic heterocycles. The van der Waals surface area contributed by atoms with Crippen molar-refractivity contribution in [2.75, 3.05) is 6.54 Å². The summed E-state index contributed by atoms with van der Waals surface area (Å²) in [5, 5.41) is 11.9. The summed E-state index contributed by atoms with van der Waals surface area (Å²) in [6, 6.07) is 6.48. The zero-order valence-electron chi connectivity index (χ0n) is 15.6. The number of nitrogens with one attached hydrogen (secondary N) is 1. The van der Waals surface area contributed by atoms with Crippen LogP contribution in [0.4, 0.5) is 0 Å². The Morgan fingerprint density at radius 2 is 1.72 bits per heavy atom. The van der Waals surface area contributed by atoms with Crippen molar-refractivity contribution in [2.45, 2.75) is 50.9 Å². The summed E-state index contributed by atoms with van der Waals surface area (Å²) in [5.74, 6) is -0.340. The molecule has 1 amide bonds. The molecule has 2 atom stereocenters. The van der Waals surface area contributed by atoms with Crippen LogP contribution in [-0.4, -0.2) is 37.3 Å². The van der Waals surface area contributed by atoms with E-state index in [-0.39, 0.29) is 16.7 Å². The molecule has 0 aromatic heterocycles. The standard InChI is InChI=1S/C19H29NO4S/c1-13(2)12-20-18(21)11-10-17(19(22)14(3)4)25(23,24)16-8-6-15(5)7-9-16/h6-11,13-14,17,19,22H,12H2,1-5H3,(H,20,21)/b11-10+. The average molecular weight is 368 g/mol. The highest BCUT2D eigenvalue weighted by atomic mass is 32.2. The van der Waals surface area contributed by atoms with Crippen molar-refractivity contribution in [3.05, 3.63) is 42.0 Å². The first kappa shape index (κ1) is 21.4. The lowest BCUT2D eigenvalue weighted by Crippen LogP contribution is -2.36. The highest BCUT2D eigenvalue weighted by molar-refractivity contribution is 7.92. The highest BCUT2D eigenvalue weighted by Crippen LogP contribution is 2.23. The molecule has 0 fully saturated rings. The Kier molecular flexibility index (Phi) is 7.83. The SMILES string of the molecule is Cc1ccc(S(=O)(=O)C(/C=C/C(=O)NCC(C)C)C(O)C(C)C)cc1. The van der Waals surface area contributed by atoms with Crippen molar-refractivity contribution in [3.8, 4) is 0 Å². The van der Waals surface area contributed by atoms with E-state index >= 15 is 0 Å². The number of hydrogen-bond donors (Lipinski definition) is 2. The van der Waals surface area contributed by atoms with Crippen LogP contribution in [0.5, 0.6) is 0 Å². The molecule has 140 valence electrons. The number of carbonyl (C=O) groups excluding carboxylic acids is 1. The van der Waals surface area contributed by atoms with Crippen molar-refractivity contribution in [3.63, 3.8) is 0 Å². The molecule has 0 aliphatic rings. The molecule has 0 aliphatic carbocycles. The van der Waals surface area contributed by atoms with Crippen LogP contribution in [0, 0.1) is 18.8 Å². The molecule has 0 radical (unpaired) electrons. The third-order valence-corrected chi connectivity index (χ3v) is 5.93. The molecule has 0 saturated carbocycles. The second kappa shape index (κ2) is 9.15. The number of aliphatic hydroxyl groups excluding tert-OH is 1. The van der Waals surface area contributed by atoms with E-state index in [1.54, 1.807) is 26.0 Å². The van der Waals surface area contributed by atoms with Gasteiger partial charge in [0, 0.05) is 12.6 Å². The van der Waals surface area contributed by atoms with Crippen LogP contribution in [0.3, 0.4) is 0 Å². The minimum Gasteiger partial charge on any atom is -0.391 e. The van der Waals surface area contributed by atoms with Gasteiger partial charge in [-0.2, -0.15) is 0 Å². The molecule has 2 unspecified atom stereocenters. The summed E-state index contributed by atoms with van der Waals surface area (Å²) < 4.78 is 25.9. The largest absolute Gasteiger partial charge is 0.391 e. The second-order valence-corrected chi connectivity index (χ2v) is 9.16. The van der Waals surface area contributed by atoms with Gasteiger partial charge < -0.3 is 10.4 Å². The second-order valence-electron chi connectivity index (χ2n) is 7.06. The van der Waals surface area contributed by atoms with Gasteiger partial charge in [0.1, 0.15) is 5.25 Å². The molecule has 0 saturated heterocycles. The predicted molar refractivity (Wildman–Crippen MR) is 100.0 cm³/mol. The fourth-order valence-corrected chi connectivity index (χ4v) is 4.01. The molecule has 0 spiro atoms. The van der Waals surface area contributed by atoms with Crippen LogP contribution >= 0.6 is 0 Å². The lowest BCUT2D eigenvalue weighted by Gasteiger charge is -2.23. The van der Waals surface area contributed by atoms with Crippen molar-refractivity contribution in [2.24, 2.45) is 11.8 Å². The molecule has 0 bridgehead atoms. The molecular weight excluding hydrogens is 338 g/mol. The van der Waals surface area contributed by atoms with Crippen LogP contribution in [0.1, 0.15) is 33.3 Å². The number of benzene rings is 1. The third kappa shape index (κ3) is 6.29. The van der Waals surface area contributed by atoms with Gasteiger partial charge in [-0.25, -0.2) is 8.42 Å². The van der Waals surface area contributed by atoms with E-state index in [2.05, 4.69) is 5.32 Å². The van der Waals surface area contributed by atoms with Crippen molar-refractivity contribution in [1.29, 1.82) is 0 Å². The lowest BCUT2D eigenvalue weighted by molar-refractivity contribution is -0.116. The summed E-state index contributed by atoms with van der Waals surface area (Å²) in [4.78, 5) is 12.0. The van der Waals surface area contributed by atoms with Gasteiger partial charge in [-0.3, -0.25) is 4.79 Å². The zero-order chi connectivity index (χ0) is 19.2. The number of amides is 1. The maximum atomic E-state index is 12.9. The summed E-state index contributed by atoms with van der Waals surface area (Å²) in [6.45, 7) is 9.80. The Balaban J connectivity index is 3.12. The van der Waals surface area contributed by atoms with Crippen LogP contribution in [-0.2, 0) is 14.6 Å². The average Bonchev–Trinajstić information content (AvgIpc) is 2.52. The van der Waals surface area contributed by atoms with Crippen molar-refractivity contribution >= 4 is 15.7 Å². The van der Waals surface area contributed by atoms with E-state index in [0.29, 0.717) is 12.5 Å². The summed E-state index contributed by atoms with van der Waals surface area (Å²) >= 11 is 0. The van der Waals surface area contributed by atoms with Gasteiger partial charge in [0.2, 0.25) is 5.91 Å². The van der Waals surface area contributed by atoms with E-state index in [4.69, 9.17) is 0 Å². The van der Waals surface area contributed by atoms with Gasteiger partial charge in [0.25, 0.3) is 0 Å². The van der Waals surface area contributed by atoms with Gasteiger partial charge in [0.15, 0.2) is 9.84 Å². The first-order valence-corrected chi connectivity index (χ1v) is 10.0. The Bertz CT molecular complexity index is 691. The first-order valence-electron chi connectivity index (χ1n) is 8.50. The molecule has 1 aromatic carbocycles. The summed E-state index contributed by atoms with van der Waals surface area (Å²) in [6.07, 6.45) is 1.38. The Morgan fingerprint density at radius 1 is 1.16 bits per heavy atom. The van der Waals surface area contributed by atoms with Gasteiger partial charge in [-0.05, 0) is 30.9 Å². The molecule has 5 nitrogen and oxygen atoms in total. The number of carbonyl (C=O) groups is 1. The zero-order valence-corrected chi connectivity index (χ0v) is 16.4. The number of aliphatic hydroxyl groups is 1.